The van der Waals surface area contributed by atoms with Gasteiger partial charge in [0.2, 0.25) is 0 Å². The van der Waals surface area contributed by atoms with Crippen LogP contribution in [0.2, 0.25) is 0 Å². The highest BCUT2D eigenvalue weighted by Crippen LogP contribution is 2.53. The van der Waals surface area contributed by atoms with Gasteiger partial charge in [-0.3, -0.25) is 10.0 Å². The van der Waals surface area contributed by atoms with Gasteiger partial charge in [-0.2, -0.15) is 0 Å². The maximum Gasteiger partial charge on any atom is 0.109 e. The Kier molecular flexibility index (Phi) is 10.2. The number of benzene rings is 4. The maximum absolute atomic E-state index is 5.36. The van der Waals surface area contributed by atoms with Crippen LogP contribution in [0.4, 0.5) is 0 Å². The highest BCUT2D eigenvalue weighted by Gasteiger charge is 2.44. The monoisotopic (exact) mass is 792 g/mol. The van der Waals surface area contributed by atoms with Crippen LogP contribution in [0.15, 0.2) is 216 Å². The summed E-state index contributed by atoms with van der Waals surface area (Å²) in [6.07, 6.45) is 36.8. The van der Waals surface area contributed by atoms with Crippen molar-refractivity contribution in [3.8, 4) is 11.1 Å². The molecule has 4 heteroatoms. The van der Waals surface area contributed by atoms with E-state index in [0.717, 1.165) is 37.9 Å². The quantitative estimate of drug-likeness (QED) is 0.187. The number of hydrogen-bond donors (Lipinski definition) is 2. The van der Waals surface area contributed by atoms with Crippen LogP contribution < -0.4 is 10.7 Å². The molecule has 11 rings (SSSR count). The van der Waals surface area contributed by atoms with Crippen molar-refractivity contribution in [1.29, 1.82) is 0 Å². The molecule has 61 heavy (non-hydrogen) atoms. The third-order valence-corrected chi connectivity index (χ3v) is 13.5. The molecule has 4 nitrogen and oxygen atoms in total. The first-order chi connectivity index (χ1) is 30.3. The molecule has 3 aliphatic heterocycles. The average molecular weight is 793 g/mol. The first-order valence-electron chi connectivity index (χ1n) is 22.4. The number of allylic oxidation sites excluding steroid dienone is 13. The number of rotatable bonds is 8. The molecule has 2 N–H and O–H groups in total. The van der Waals surface area contributed by atoms with Gasteiger partial charge in [-0.1, -0.05) is 176 Å². The zero-order valence-electron chi connectivity index (χ0n) is 34.6. The SMILES string of the molecule is C1=CCC(C2=CC(c3cccc(-c4ccc(C5=C(c6ccccc6)N6NC(C7C=CC=CC7)C(c7ccccc7)=C6C6=C5CCCC6)cc4)c3)N=C(C3C=CC=CC3)N2)C=C1. The van der Waals surface area contributed by atoms with E-state index in [1.54, 1.807) is 0 Å². The van der Waals surface area contributed by atoms with E-state index in [4.69, 9.17) is 4.99 Å². The number of hydrazine groups is 1. The van der Waals surface area contributed by atoms with Crippen LogP contribution in [0.1, 0.15) is 73.2 Å². The normalized spacial score (nSPS) is 25.4. The van der Waals surface area contributed by atoms with Crippen molar-refractivity contribution in [3.05, 3.63) is 233 Å². The van der Waals surface area contributed by atoms with Crippen LogP contribution >= 0.6 is 0 Å². The largest absolute Gasteiger partial charge is 0.347 e. The Labute approximate surface area is 360 Å². The number of aliphatic imine (C=N–C) groups is 1. The van der Waals surface area contributed by atoms with Gasteiger partial charge in [0.15, 0.2) is 0 Å². The van der Waals surface area contributed by atoms with Gasteiger partial charge in [0.1, 0.15) is 5.84 Å². The zero-order chi connectivity index (χ0) is 40.5. The minimum Gasteiger partial charge on any atom is -0.347 e. The summed E-state index contributed by atoms with van der Waals surface area (Å²) in [6, 6.07) is 40.8. The van der Waals surface area contributed by atoms with Crippen molar-refractivity contribution in [1.82, 2.24) is 15.8 Å². The Morgan fingerprint density at radius 2 is 1.20 bits per heavy atom. The summed E-state index contributed by atoms with van der Waals surface area (Å²) in [6.45, 7) is 0. The van der Waals surface area contributed by atoms with Crippen molar-refractivity contribution in [3.63, 3.8) is 0 Å². The van der Waals surface area contributed by atoms with Crippen LogP contribution in [-0.2, 0) is 0 Å². The lowest BCUT2D eigenvalue weighted by Gasteiger charge is -2.38. The lowest BCUT2D eigenvalue weighted by Crippen LogP contribution is -2.41. The molecule has 4 aliphatic carbocycles. The third-order valence-electron chi connectivity index (χ3n) is 13.5. The molecule has 300 valence electrons. The first-order valence-corrected chi connectivity index (χ1v) is 22.4. The first kappa shape index (κ1) is 37.5. The summed E-state index contributed by atoms with van der Waals surface area (Å²) in [5, 5.41) is 6.27. The predicted molar refractivity (Wildman–Crippen MR) is 253 cm³/mol. The molecule has 5 unspecified atom stereocenters. The van der Waals surface area contributed by atoms with Gasteiger partial charge >= 0.3 is 0 Å². The number of fused-ring (bicyclic) bond motifs is 2. The molecule has 4 aromatic rings. The molecule has 3 heterocycles. The number of hydrogen-bond acceptors (Lipinski definition) is 4. The van der Waals surface area contributed by atoms with E-state index in [2.05, 4.69) is 204 Å². The van der Waals surface area contributed by atoms with Crippen molar-refractivity contribution >= 4 is 22.7 Å². The van der Waals surface area contributed by atoms with Crippen molar-refractivity contribution in [2.45, 2.75) is 57.0 Å². The Bertz CT molecular complexity index is 2630. The second-order valence-electron chi connectivity index (χ2n) is 17.3. The fraction of sp³-hybridized carbons (Fsp3) is 0.211. The average Bonchev–Trinajstić information content (AvgIpc) is 3.76. The van der Waals surface area contributed by atoms with Crippen LogP contribution in [-0.4, -0.2) is 16.9 Å². The van der Waals surface area contributed by atoms with Gasteiger partial charge in [-0.05, 0) is 96.1 Å². The van der Waals surface area contributed by atoms with Crippen LogP contribution in [0, 0.1) is 17.8 Å². The van der Waals surface area contributed by atoms with E-state index in [0.29, 0.717) is 11.8 Å². The Hall–Kier alpha value is -6.49. The molecule has 0 aromatic heterocycles. The van der Waals surface area contributed by atoms with Crippen molar-refractivity contribution < 1.29 is 0 Å². The van der Waals surface area contributed by atoms with Gasteiger partial charge < -0.3 is 5.32 Å². The molecule has 0 bridgehead atoms. The fourth-order valence-corrected chi connectivity index (χ4v) is 10.5. The molecule has 0 radical (unpaired) electrons. The number of nitrogens with one attached hydrogen (secondary N) is 2. The summed E-state index contributed by atoms with van der Waals surface area (Å²) >= 11 is 0. The lowest BCUT2D eigenvalue weighted by atomic mass is 9.76. The predicted octanol–water partition coefficient (Wildman–Crippen LogP) is 13.0. The third kappa shape index (κ3) is 7.19. The van der Waals surface area contributed by atoms with Crippen molar-refractivity contribution in [2.75, 3.05) is 0 Å². The van der Waals surface area contributed by atoms with Gasteiger partial charge in [0, 0.05) is 40.2 Å². The molecule has 4 aromatic carbocycles. The van der Waals surface area contributed by atoms with Gasteiger partial charge in [-0.15, -0.1) is 0 Å². The summed E-state index contributed by atoms with van der Waals surface area (Å²) in [5.74, 6) is 2.00. The molecule has 0 saturated heterocycles. The second-order valence-corrected chi connectivity index (χ2v) is 17.3. The van der Waals surface area contributed by atoms with Gasteiger partial charge in [-0.25, -0.2) is 5.43 Å². The van der Waals surface area contributed by atoms with Gasteiger partial charge in [0.05, 0.1) is 23.5 Å². The van der Waals surface area contributed by atoms with E-state index in [1.807, 2.05) is 0 Å². The Morgan fingerprint density at radius 1 is 0.541 bits per heavy atom. The molecule has 0 fully saturated rings. The fourth-order valence-electron chi connectivity index (χ4n) is 10.5. The molecule has 7 aliphatic rings. The number of amidine groups is 1. The molecule has 5 atom stereocenters. The Morgan fingerprint density at radius 3 is 1.90 bits per heavy atom. The van der Waals surface area contributed by atoms with Crippen LogP contribution in [0.5, 0.6) is 0 Å². The van der Waals surface area contributed by atoms with E-state index in [9.17, 15) is 0 Å². The topological polar surface area (TPSA) is 39.7 Å². The van der Waals surface area contributed by atoms with Crippen molar-refractivity contribution in [2.24, 2.45) is 22.7 Å². The maximum atomic E-state index is 5.36. The number of nitrogens with zero attached hydrogens (tertiary/aromatic N) is 2. The van der Waals surface area contributed by atoms with E-state index in [1.165, 1.54) is 85.6 Å². The van der Waals surface area contributed by atoms with E-state index in [-0.39, 0.29) is 18.0 Å². The summed E-state index contributed by atoms with van der Waals surface area (Å²) < 4.78 is 0. The zero-order valence-corrected chi connectivity index (χ0v) is 34.6. The summed E-state index contributed by atoms with van der Waals surface area (Å²) in [7, 11) is 0. The Balaban J connectivity index is 0.992. The summed E-state index contributed by atoms with van der Waals surface area (Å²) in [5.41, 5.74) is 21.3. The van der Waals surface area contributed by atoms with Crippen LogP contribution in [0.3, 0.4) is 0 Å². The minimum atomic E-state index is -0.0542. The molecular weight excluding hydrogens is 741 g/mol. The second kappa shape index (κ2) is 16.5. The molecule has 0 spiro atoms. The molecule has 0 amide bonds. The highest BCUT2D eigenvalue weighted by molar-refractivity contribution is 6.03. The van der Waals surface area contributed by atoms with E-state index < -0.39 is 0 Å². The smallest absolute Gasteiger partial charge is 0.109 e. The van der Waals surface area contributed by atoms with Crippen LogP contribution in [0.25, 0.3) is 28.0 Å². The minimum absolute atomic E-state index is 0.0542. The standard InChI is InChI=1S/C57H52N4/c1-6-19-40(20-7-1)50-38-51(59-57(58-50)45-27-14-5-15-28-45)47-30-18-29-46(37-47)39-33-35-42(36-34-39)52-48-31-16-17-32-49(48)56-53(41-21-8-2-9-22-41)54(43-23-10-3-11-24-43)60-61(56)55(52)44-25-12-4-13-26-44/h1-15,18-19,21-23,25-27,29-30,33-38,40,43,45,51,54,60H,16-17,20,24,28,31-32H2,(H,58,59). The van der Waals surface area contributed by atoms with Gasteiger partial charge in [0.25, 0.3) is 0 Å². The highest BCUT2D eigenvalue weighted by atomic mass is 15.6. The summed E-state index contributed by atoms with van der Waals surface area (Å²) in [4.78, 5) is 5.36. The lowest BCUT2D eigenvalue weighted by molar-refractivity contribution is 0.329. The molecular formula is C57H52N4. The van der Waals surface area contributed by atoms with E-state index >= 15 is 0 Å². The molecule has 0 saturated carbocycles.